The number of nitrogens with one attached hydrogen (secondary N) is 1. The Kier molecular flexibility index (Phi) is 5.93. The van der Waals surface area contributed by atoms with Crippen molar-refractivity contribution in [1.82, 2.24) is 15.5 Å². The number of rotatable bonds is 5. The van der Waals surface area contributed by atoms with Crippen molar-refractivity contribution >= 4 is 40.7 Å². The quantitative estimate of drug-likeness (QED) is 0.633. The summed E-state index contributed by atoms with van der Waals surface area (Å²) in [6.45, 7) is 0.355. The number of carbonyl (C=O) groups excluding carboxylic acids is 1. The molecule has 1 heterocycles. The summed E-state index contributed by atoms with van der Waals surface area (Å²) in [4.78, 5) is 12.1. The maximum atomic E-state index is 12.1. The van der Waals surface area contributed by atoms with Crippen LogP contribution in [0.25, 0.3) is 0 Å². The third-order valence-electron chi connectivity index (χ3n) is 3.37. The smallest absolute Gasteiger partial charge is 0.272 e. The van der Waals surface area contributed by atoms with E-state index in [-0.39, 0.29) is 22.5 Å². The summed E-state index contributed by atoms with van der Waals surface area (Å²) in [5.41, 5.74) is 1.09. The zero-order chi connectivity index (χ0) is 18.5. The van der Waals surface area contributed by atoms with Crippen LogP contribution < -0.4 is 10.1 Å². The Bertz CT molecular complexity index is 916. The molecule has 1 N–H and O–H groups in total. The Morgan fingerprint density at radius 1 is 0.962 bits per heavy atom. The molecular weight excluding hydrogens is 397 g/mol. The van der Waals surface area contributed by atoms with E-state index >= 15 is 0 Å². The van der Waals surface area contributed by atoms with Gasteiger partial charge in [-0.2, -0.15) is 0 Å². The number of aromatic nitrogens is 2. The van der Waals surface area contributed by atoms with Gasteiger partial charge >= 0.3 is 0 Å². The molecule has 0 saturated heterocycles. The molecule has 0 bridgehead atoms. The van der Waals surface area contributed by atoms with E-state index in [1.807, 2.05) is 12.1 Å². The summed E-state index contributed by atoms with van der Waals surface area (Å²) in [7, 11) is 0. The largest absolute Gasteiger partial charge is 0.436 e. The van der Waals surface area contributed by atoms with Gasteiger partial charge in [0.05, 0.1) is 5.02 Å². The van der Waals surface area contributed by atoms with Crippen LogP contribution in [0.3, 0.4) is 0 Å². The normalized spacial score (nSPS) is 10.4. The molecule has 0 spiro atoms. The third kappa shape index (κ3) is 4.64. The van der Waals surface area contributed by atoms with Crippen LogP contribution in [0, 0.1) is 0 Å². The Labute approximate surface area is 164 Å². The maximum absolute atomic E-state index is 12.1. The first-order valence-electron chi connectivity index (χ1n) is 7.51. The van der Waals surface area contributed by atoms with Crippen molar-refractivity contribution in [3.8, 4) is 11.6 Å². The van der Waals surface area contributed by atoms with Crippen molar-refractivity contribution in [2.75, 3.05) is 0 Å². The minimum Gasteiger partial charge on any atom is -0.436 e. The minimum absolute atomic E-state index is 0.170. The molecule has 132 valence electrons. The highest BCUT2D eigenvalue weighted by Gasteiger charge is 2.11. The Morgan fingerprint density at radius 3 is 2.42 bits per heavy atom. The van der Waals surface area contributed by atoms with Crippen molar-refractivity contribution in [3.05, 3.63) is 80.9 Å². The fraction of sp³-hybridized carbons (Fsp3) is 0.0556. The average molecular weight is 409 g/mol. The fourth-order valence-electron chi connectivity index (χ4n) is 2.05. The van der Waals surface area contributed by atoms with Crippen LogP contribution in [0.4, 0.5) is 0 Å². The molecule has 3 rings (SSSR count). The van der Waals surface area contributed by atoms with E-state index in [1.165, 1.54) is 12.1 Å². The highest BCUT2D eigenvalue weighted by Crippen LogP contribution is 2.33. The molecule has 1 aromatic heterocycles. The molecule has 0 atom stereocenters. The first-order chi connectivity index (χ1) is 12.5. The van der Waals surface area contributed by atoms with Crippen LogP contribution in [0.5, 0.6) is 11.6 Å². The first-order valence-corrected chi connectivity index (χ1v) is 8.64. The highest BCUT2D eigenvalue weighted by molar-refractivity contribution is 6.42. The second-order valence-electron chi connectivity index (χ2n) is 5.22. The fourth-order valence-corrected chi connectivity index (χ4v) is 2.50. The topological polar surface area (TPSA) is 64.1 Å². The van der Waals surface area contributed by atoms with Gasteiger partial charge in [0.2, 0.25) is 5.88 Å². The number of ether oxygens (including phenoxy) is 1. The third-order valence-corrected chi connectivity index (χ3v) is 4.42. The van der Waals surface area contributed by atoms with Crippen LogP contribution in [-0.2, 0) is 6.54 Å². The lowest BCUT2D eigenvalue weighted by molar-refractivity contribution is 0.0944. The summed E-state index contributed by atoms with van der Waals surface area (Å²) >= 11 is 17.8. The van der Waals surface area contributed by atoms with Gasteiger partial charge in [0.25, 0.3) is 5.91 Å². The van der Waals surface area contributed by atoms with E-state index in [0.29, 0.717) is 22.3 Å². The van der Waals surface area contributed by atoms with Gasteiger partial charge < -0.3 is 10.1 Å². The van der Waals surface area contributed by atoms with E-state index in [2.05, 4.69) is 15.5 Å². The molecule has 2 aromatic carbocycles. The molecule has 0 unspecified atom stereocenters. The number of benzene rings is 2. The van der Waals surface area contributed by atoms with E-state index in [1.54, 1.807) is 30.3 Å². The van der Waals surface area contributed by atoms with Gasteiger partial charge in [-0.25, -0.2) is 0 Å². The first kappa shape index (κ1) is 18.5. The number of nitrogens with zero attached hydrogens (tertiary/aromatic N) is 2. The summed E-state index contributed by atoms with van der Waals surface area (Å²) in [5, 5.41) is 11.8. The van der Waals surface area contributed by atoms with Crippen LogP contribution in [0.15, 0.2) is 54.6 Å². The summed E-state index contributed by atoms with van der Waals surface area (Å²) in [6.07, 6.45) is 0. The second-order valence-corrected chi connectivity index (χ2v) is 6.44. The molecule has 0 aliphatic carbocycles. The van der Waals surface area contributed by atoms with Crippen molar-refractivity contribution in [2.24, 2.45) is 0 Å². The zero-order valence-corrected chi connectivity index (χ0v) is 15.5. The predicted octanol–water partition coefficient (Wildman–Crippen LogP) is 5.16. The Hall–Kier alpha value is -2.34. The van der Waals surface area contributed by atoms with E-state index < -0.39 is 0 Å². The summed E-state index contributed by atoms with van der Waals surface area (Å²) < 4.78 is 5.53. The van der Waals surface area contributed by atoms with Crippen LogP contribution in [-0.4, -0.2) is 16.1 Å². The SMILES string of the molecule is O=C(NCc1ccc(Cl)cc1)c1ccc(Oc2cccc(Cl)c2Cl)nn1. The molecule has 8 heteroatoms. The molecule has 0 radical (unpaired) electrons. The molecule has 0 saturated carbocycles. The monoisotopic (exact) mass is 407 g/mol. The van der Waals surface area contributed by atoms with Gasteiger partial charge in [-0.1, -0.05) is 53.0 Å². The van der Waals surface area contributed by atoms with Crippen LogP contribution in [0.1, 0.15) is 16.1 Å². The van der Waals surface area contributed by atoms with Crippen LogP contribution in [0.2, 0.25) is 15.1 Å². The zero-order valence-electron chi connectivity index (χ0n) is 13.2. The van der Waals surface area contributed by atoms with Gasteiger partial charge in [-0.05, 0) is 35.9 Å². The molecule has 26 heavy (non-hydrogen) atoms. The molecule has 0 aliphatic rings. The number of hydrogen-bond donors (Lipinski definition) is 1. The lowest BCUT2D eigenvalue weighted by atomic mass is 10.2. The van der Waals surface area contributed by atoms with Crippen molar-refractivity contribution < 1.29 is 9.53 Å². The van der Waals surface area contributed by atoms with E-state index in [9.17, 15) is 4.79 Å². The Balaban J connectivity index is 1.62. The number of carbonyl (C=O) groups is 1. The van der Waals surface area contributed by atoms with Gasteiger partial charge in [-0.3, -0.25) is 4.79 Å². The van der Waals surface area contributed by atoms with Gasteiger partial charge in [-0.15, -0.1) is 10.2 Å². The average Bonchev–Trinajstić information content (AvgIpc) is 2.65. The lowest BCUT2D eigenvalue weighted by Gasteiger charge is -2.08. The van der Waals surface area contributed by atoms with Gasteiger partial charge in [0.15, 0.2) is 5.69 Å². The van der Waals surface area contributed by atoms with Crippen LogP contribution >= 0.6 is 34.8 Å². The van der Waals surface area contributed by atoms with Gasteiger partial charge in [0.1, 0.15) is 10.8 Å². The molecule has 1 amide bonds. The number of halogens is 3. The van der Waals surface area contributed by atoms with Crippen molar-refractivity contribution in [3.63, 3.8) is 0 Å². The summed E-state index contributed by atoms with van der Waals surface area (Å²) in [5.74, 6) is 0.205. The second kappa shape index (κ2) is 8.36. The van der Waals surface area contributed by atoms with Crippen molar-refractivity contribution in [1.29, 1.82) is 0 Å². The molecule has 5 nitrogen and oxygen atoms in total. The molecular formula is C18H12Cl3N3O2. The molecule has 0 fully saturated rings. The predicted molar refractivity (Wildman–Crippen MR) is 101 cm³/mol. The number of hydrogen-bond acceptors (Lipinski definition) is 4. The van der Waals surface area contributed by atoms with Crippen molar-refractivity contribution in [2.45, 2.75) is 6.54 Å². The van der Waals surface area contributed by atoms with Gasteiger partial charge in [0, 0.05) is 17.6 Å². The summed E-state index contributed by atoms with van der Waals surface area (Å²) in [6, 6.07) is 15.2. The highest BCUT2D eigenvalue weighted by atomic mass is 35.5. The minimum atomic E-state index is -0.347. The molecule has 3 aromatic rings. The van der Waals surface area contributed by atoms with E-state index in [4.69, 9.17) is 39.5 Å². The molecule has 0 aliphatic heterocycles. The van der Waals surface area contributed by atoms with E-state index in [0.717, 1.165) is 5.56 Å². The number of amides is 1. The lowest BCUT2D eigenvalue weighted by Crippen LogP contribution is -2.24. The maximum Gasteiger partial charge on any atom is 0.272 e. The standard InChI is InChI=1S/C18H12Cl3N3O2/c19-12-6-4-11(5-7-12)10-22-18(25)14-8-9-16(24-23-14)26-15-3-1-2-13(20)17(15)21/h1-9H,10H2,(H,22,25). The Morgan fingerprint density at radius 2 is 1.73 bits per heavy atom.